The van der Waals surface area contributed by atoms with Gasteiger partial charge in [0.25, 0.3) is 0 Å². The highest BCUT2D eigenvalue weighted by Gasteiger charge is 2.11. The van der Waals surface area contributed by atoms with E-state index in [1.54, 1.807) is 0 Å². The van der Waals surface area contributed by atoms with Crippen LogP contribution in [0.5, 0.6) is 0 Å². The molecular formula is C11H15BrN2. The van der Waals surface area contributed by atoms with Gasteiger partial charge in [-0.15, -0.1) is 0 Å². The van der Waals surface area contributed by atoms with Crippen LogP contribution in [0.15, 0.2) is 22.9 Å². The zero-order valence-corrected chi connectivity index (χ0v) is 9.83. The average Bonchev–Trinajstić information content (AvgIpc) is 2.23. The van der Waals surface area contributed by atoms with Gasteiger partial charge in [0.1, 0.15) is 4.60 Å². The first-order valence-electron chi connectivity index (χ1n) is 5.18. The first-order valence-corrected chi connectivity index (χ1v) is 5.97. The third-order valence-corrected chi connectivity index (χ3v) is 3.39. The van der Waals surface area contributed by atoms with E-state index in [9.17, 15) is 0 Å². The molecule has 2 heterocycles. The second-order valence-electron chi connectivity index (χ2n) is 3.79. The summed E-state index contributed by atoms with van der Waals surface area (Å²) < 4.78 is 0.991. The van der Waals surface area contributed by atoms with Crippen molar-refractivity contribution in [1.82, 2.24) is 9.88 Å². The minimum absolute atomic E-state index is 0.991. The summed E-state index contributed by atoms with van der Waals surface area (Å²) >= 11 is 3.49. The fourth-order valence-corrected chi connectivity index (χ4v) is 2.27. The Balaban J connectivity index is 1.99. The van der Waals surface area contributed by atoms with Crippen molar-refractivity contribution in [3.63, 3.8) is 0 Å². The normalized spacial score (nSPS) is 18.4. The molecule has 1 saturated heterocycles. The van der Waals surface area contributed by atoms with Crippen LogP contribution in [-0.2, 0) is 6.54 Å². The van der Waals surface area contributed by atoms with Gasteiger partial charge in [-0.3, -0.25) is 4.90 Å². The minimum Gasteiger partial charge on any atom is -0.299 e. The molecule has 1 aliphatic rings. The van der Waals surface area contributed by atoms with Crippen LogP contribution in [0.25, 0.3) is 0 Å². The highest BCUT2D eigenvalue weighted by Crippen LogP contribution is 2.17. The number of pyridine rings is 1. The highest BCUT2D eigenvalue weighted by atomic mass is 79.9. The van der Waals surface area contributed by atoms with Gasteiger partial charge in [0.15, 0.2) is 0 Å². The van der Waals surface area contributed by atoms with E-state index in [2.05, 4.69) is 31.9 Å². The number of piperidine rings is 1. The Morgan fingerprint density at radius 3 is 2.79 bits per heavy atom. The van der Waals surface area contributed by atoms with Gasteiger partial charge in [0.2, 0.25) is 0 Å². The smallest absolute Gasteiger partial charge is 0.110 e. The van der Waals surface area contributed by atoms with Crippen molar-refractivity contribution >= 4 is 15.9 Å². The predicted molar refractivity (Wildman–Crippen MR) is 61.1 cm³/mol. The summed E-state index contributed by atoms with van der Waals surface area (Å²) in [6.07, 6.45) is 5.91. The van der Waals surface area contributed by atoms with Gasteiger partial charge in [-0.05, 0) is 53.5 Å². The van der Waals surface area contributed by atoms with E-state index in [1.807, 2.05) is 12.3 Å². The van der Waals surface area contributed by atoms with Crippen molar-refractivity contribution in [1.29, 1.82) is 0 Å². The zero-order chi connectivity index (χ0) is 9.80. The van der Waals surface area contributed by atoms with Crippen LogP contribution in [0.1, 0.15) is 24.8 Å². The number of rotatable bonds is 2. The van der Waals surface area contributed by atoms with E-state index < -0.39 is 0 Å². The molecule has 0 amide bonds. The van der Waals surface area contributed by atoms with Crippen molar-refractivity contribution in [3.8, 4) is 0 Å². The van der Waals surface area contributed by atoms with Crippen molar-refractivity contribution in [3.05, 3.63) is 28.5 Å². The predicted octanol–water partition coefficient (Wildman–Crippen LogP) is 2.83. The molecule has 3 heteroatoms. The number of aromatic nitrogens is 1. The van der Waals surface area contributed by atoms with Crippen LogP contribution in [0, 0.1) is 0 Å². The Hall–Kier alpha value is -0.410. The van der Waals surface area contributed by atoms with E-state index in [0.29, 0.717) is 0 Å². The summed E-state index contributed by atoms with van der Waals surface area (Å²) in [6.45, 7) is 3.51. The topological polar surface area (TPSA) is 16.1 Å². The standard InChI is InChI=1S/C11H15BrN2/c12-11-10(5-4-6-13-11)9-14-7-2-1-3-8-14/h4-6H,1-3,7-9H2. The molecule has 0 radical (unpaired) electrons. The molecule has 0 aliphatic carbocycles. The van der Waals surface area contributed by atoms with Crippen LogP contribution < -0.4 is 0 Å². The van der Waals surface area contributed by atoms with Crippen LogP contribution in [0.4, 0.5) is 0 Å². The maximum atomic E-state index is 4.23. The number of nitrogens with zero attached hydrogens (tertiary/aromatic N) is 2. The molecule has 0 N–H and O–H groups in total. The van der Waals surface area contributed by atoms with Crippen LogP contribution in [0.3, 0.4) is 0 Å². The Morgan fingerprint density at radius 1 is 1.29 bits per heavy atom. The average molecular weight is 255 g/mol. The van der Waals surface area contributed by atoms with E-state index in [0.717, 1.165) is 11.1 Å². The third kappa shape index (κ3) is 2.55. The van der Waals surface area contributed by atoms with E-state index in [1.165, 1.54) is 37.9 Å². The molecule has 0 saturated carbocycles. The number of halogens is 1. The van der Waals surface area contributed by atoms with Gasteiger partial charge < -0.3 is 0 Å². The fraction of sp³-hybridized carbons (Fsp3) is 0.545. The Morgan fingerprint density at radius 2 is 2.07 bits per heavy atom. The van der Waals surface area contributed by atoms with Crippen molar-refractivity contribution < 1.29 is 0 Å². The third-order valence-electron chi connectivity index (χ3n) is 2.68. The monoisotopic (exact) mass is 254 g/mol. The van der Waals surface area contributed by atoms with E-state index in [-0.39, 0.29) is 0 Å². The van der Waals surface area contributed by atoms with E-state index in [4.69, 9.17) is 0 Å². The lowest BCUT2D eigenvalue weighted by Crippen LogP contribution is -2.29. The summed E-state index contributed by atoms with van der Waals surface area (Å²) in [5, 5.41) is 0. The van der Waals surface area contributed by atoms with Crippen LogP contribution in [0.2, 0.25) is 0 Å². The summed E-state index contributed by atoms with van der Waals surface area (Å²) in [4.78, 5) is 6.74. The van der Waals surface area contributed by atoms with Gasteiger partial charge in [-0.25, -0.2) is 4.98 Å². The molecule has 76 valence electrons. The molecule has 1 aliphatic heterocycles. The van der Waals surface area contributed by atoms with Crippen molar-refractivity contribution in [2.45, 2.75) is 25.8 Å². The summed E-state index contributed by atoms with van der Waals surface area (Å²) in [6, 6.07) is 4.15. The maximum absolute atomic E-state index is 4.23. The lowest BCUT2D eigenvalue weighted by atomic mass is 10.1. The molecule has 1 fully saturated rings. The molecule has 2 rings (SSSR count). The lowest BCUT2D eigenvalue weighted by molar-refractivity contribution is 0.220. The second-order valence-corrected chi connectivity index (χ2v) is 4.54. The molecule has 1 aromatic heterocycles. The molecule has 0 bridgehead atoms. The Bertz CT molecular complexity index is 295. The molecular weight excluding hydrogens is 240 g/mol. The molecule has 0 unspecified atom stereocenters. The van der Waals surface area contributed by atoms with Crippen molar-refractivity contribution in [2.24, 2.45) is 0 Å². The second kappa shape index (κ2) is 4.89. The van der Waals surface area contributed by atoms with Gasteiger partial charge in [-0.1, -0.05) is 12.5 Å². The van der Waals surface area contributed by atoms with Gasteiger partial charge in [0.05, 0.1) is 0 Å². The van der Waals surface area contributed by atoms with E-state index >= 15 is 0 Å². The van der Waals surface area contributed by atoms with Gasteiger partial charge in [-0.2, -0.15) is 0 Å². The van der Waals surface area contributed by atoms with Gasteiger partial charge in [0, 0.05) is 12.7 Å². The van der Waals surface area contributed by atoms with Gasteiger partial charge >= 0.3 is 0 Å². The largest absolute Gasteiger partial charge is 0.299 e. The van der Waals surface area contributed by atoms with Crippen LogP contribution in [-0.4, -0.2) is 23.0 Å². The highest BCUT2D eigenvalue weighted by molar-refractivity contribution is 9.10. The molecule has 0 aromatic carbocycles. The lowest BCUT2D eigenvalue weighted by Gasteiger charge is -2.26. The Kier molecular flexibility index (Phi) is 3.54. The SMILES string of the molecule is Brc1ncccc1CN1CCCCC1. The first-order chi connectivity index (χ1) is 6.86. The first kappa shape index (κ1) is 10.1. The summed E-state index contributed by atoms with van der Waals surface area (Å²) in [5.41, 5.74) is 1.30. The number of hydrogen-bond acceptors (Lipinski definition) is 2. The molecule has 0 atom stereocenters. The van der Waals surface area contributed by atoms with Crippen LogP contribution >= 0.6 is 15.9 Å². The van der Waals surface area contributed by atoms with Crippen molar-refractivity contribution in [2.75, 3.05) is 13.1 Å². The summed E-state index contributed by atoms with van der Waals surface area (Å²) in [7, 11) is 0. The molecule has 14 heavy (non-hydrogen) atoms. The molecule has 1 aromatic rings. The quantitative estimate of drug-likeness (QED) is 0.755. The number of hydrogen-bond donors (Lipinski definition) is 0. The summed E-state index contributed by atoms with van der Waals surface area (Å²) in [5.74, 6) is 0. The number of likely N-dealkylation sites (tertiary alicyclic amines) is 1. The minimum atomic E-state index is 0.991. The fourth-order valence-electron chi connectivity index (χ4n) is 1.90. The molecule has 2 nitrogen and oxygen atoms in total. The molecule has 0 spiro atoms. The maximum Gasteiger partial charge on any atom is 0.110 e. The Labute approximate surface area is 93.5 Å². The zero-order valence-electron chi connectivity index (χ0n) is 8.25.